The van der Waals surface area contributed by atoms with Gasteiger partial charge in [0, 0.05) is 97.7 Å². The fourth-order valence-electron chi connectivity index (χ4n) is 0.274. The fourth-order valence-corrected chi connectivity index (χ4v) is 0.274. The van der Waals surface area contributed by atoms with Crippen LogP contribution in [-0.4, -0.2) is 60.1 Å². The van der Waals surface area contributed by atoms with Crippen LogP contribution in [0.15, 0.2) is 0 Å². The molecule has 0 aromatic carbocycles. The molecule has 0 aliphatic rings. The molecule has 17 heavy (non-hydrogen) atoms. The molecule has 0 saturated carbocycles. The molecule has 110 valence electrons. The number of aliphatic hydroxyl groups excluding tert-OH is 5. The quantitative estimate of drug-likeness (QED) is 0.238. The van der Waals surface area contributed by atoms with Gasteiger partial charge in [-0.2, -0.15) is 0 Å². The van der Waals surface area contributed by atoms with Gasteiger partial charge in [-0.3, -0.25) is 0 Å². The maximum atomic E-state index is 8.56. The number of hydrogen-bond donors (Lipinski definition) is 5. The van der Waals surface area contributed by atoms with E-state index in [-0.39, 0.29) is 76.4 Å². The maximum absolute atomic E-state index is 8.56. The van der Waals surface area contributed by atoms with Crippen LogP contribution in [-0.2, 0) is 63.2 Å². The van der Waals surface area contributed by atoms with Crippen LogP contribution in [0.2, 0.25) is 0 Å². The summed E-state index contributed by atoms with van der Waals surface area (Å²) in [5.41, 5.74) is -0.514. The average Bonchev–Trinajstić information content (AvgIpc) is 2.35. The molecule has 0 rings (SSSR count). The second-order valence-electron chi connectivity index (χ2n) is 2.17. The van der Waals surface area contributed by atoms with Gasteiger partial charge in [-0.25, -0.2) is 0 Å². The third kappa shape index (κ3) is 38.1. The van der Waals surface area contributed by atoms with E-state index in [1.54, 1.807) is 0 Å². The molecular formula is C9H25O5W3-. The van der Waals surface area contributed by atoms with Crippen molar-refractivity contribution < 1.29 is 88.7 Å². The van der Waals surface area contributed by atoms with Gasteiger partial charge in [-0.15, -0.1) is 5.41 Å². The molecule has 0 saturated heterocycles. The zero-order valence-corrected chi connectivity index (χ0v) is 19.6. The first kappa shape index (κ1) is 42.8. The second-order valence-corrected chi connectivity index (χ2v) is 2.17. The largest absolute Gasteiger partial charge is 0.400 e. The third-order valence-electron chi connectivity index (χ3n) is 1.42. The van der Waals surface area contributed by atoms with E-state index < -0.39 is 5.41 Å². The van der Waals surface area contributed by atoms with Gasteiger partial charge >= 0.3 is 0 Å². The summed E-state index contributed by atoms with van der Waals surface area (Å²) >= 11 is 0. The van der Waals surface area contributed by atoms with Crippen LogP contribution < -0.4 is 0 Å². The number of aliphatic hydroxyl groups is 5. The Morgan fingerprint density at radius 1 is 0.765 bits per heavy atom. The topological polar surface area (TPSA) is 101 Å². The first-order valence-electron chi connectivity index (χ1n) is 4.10. The molecular weight excluding hydrogens is 740 g/mol. The van der Waals surface area contributed by atoms with Crippen molar-refractivity contribution in [2.45, 2.75) is 13.3 Å². The molecule has 0 aliphatic heterocycles. The summed E-state index contributed by atoms with van der Waals surface area (Å²) in [6, 6.07) is 0. The molecule has 0 aromatic heterocycles. The van der Waals surface area contributed by atoms with Gasteiger partial charge in [0.05, 0.1) is 0 Å². The zero-order valence-electron chi connectivity index (χ0n) is 10.8. The van der Waals surface area contributed by atoms with E-state index in [1.165, 1.54) is 0 Å². The molecule has 0 amide bonds. The smallest absolute Gasteiger partial charge is 0.0319 e. The van der Waals surface area contributed by atoms with Crippen molar-refractivity contribution in [3.63, 3.8) is 0 Å². The predicted octanol–water partition coefficient (Wildman–Crippen LogP) is -0.981. The van der Waals surface area contributed by atoms with Crippen molar-refractivity contribution in [1.82, 2.24) is 0 Å². The van der Waals surface area contributed by atoms with Gasteiger partial charge in [-0.05, 0) is 0 Å². The molecule has 5 N–H and O–H groups in total. The van der Waals surface area contributed by atoms with E-state index in [0.717, 1.165) is 21.3 Å². The molecule has 0 unspecified atom stereocenters. The van der Waals surface area contributed by atoms with E-state index in [9.17, 15) is 0 Å². The van der Waals surface area contributed by atoms with Crippen molar-refractivity contribution in [2.75, 3.05) is 34.5 Å². The Labute approximate surface area is 148 Å². The maximum Gasteiger partial charge on any atom is 0.0319 e. The molecule has 0 heterocycles. The van der Waals surface area contributed by atoms with Gasteiger partial charge in [0.1, 0.15) is 0 Å². The summed E-state index contributed by atoms with van der Waals surface area (Å²) in [6.07, 6.45) is 0.708. The van der Waals surface area contributed by atoms with E-state index >= 15 is 0 Å². The van der Waals surface area contributed by atoms with Crippen LogP contribution in [0.4, 0.5) is 0 Å². The van der Waals surface area contributed by atoms with Crippen molar-refractivity contribution in [3.8, 4) is 0 Å². The van der Waals surface area contributed by atoms with Gasteiger partial charge in [0.25, 0.3) is 0 Å². The molecule has 0 radical (unpaired) electrons. The Hall–Kier alpha value is 1.86. The molecule has 0 fully saturated rings. The Morgan fingerprint density at radius 2 is 0.941 bits per heavy atom. The van der Waals surface area contributed by atoms with Gasteiger partial charge in [0.15, 0.2) is 0 Å². The normalized spacial score (nSPS) is 6.71. The minimum atomic E-state index is -0.514. The van der Waals surface area contributed by atoms with Crippen LogP contribution in [0, 0.1) is 12.3 Å². The third-order valence-corrected chi connectivity index (χ3v) is 1.42. The Morgan fingerprint density at radius 3 is 0.941 bits per heavy atom. The monoisotopic (exact) mass is 765 g/mol. The van der Waals surface area contributed by atoms with Crippen LogP contribution in [0.1, 0.15) is 13.3 Å². The molecule has 0 spiro atoms. The van der Waals surface area contributed by atoms with E-state index in [0.29, 0.717) is 6.42 Å². The number of rotatable bonds is 3. The second kappa shape index (κ2) is 43.0. The van der Waals surface area contributed by atoms with Crippen LogP contribution in [0.3, 0.4) is 0 Å². The predicted molar refractivity (Wildman–Crippen MR) is 56.7 cm³/mol. The summed E-state index contributed by atoms with van der Waals surface area (Å²) in [7, 11) is 3.00. The first-order chi connectivity index (χ1) is 6.68. The zero-order chi connectivity index (χ0) is 12.6. The molecule has 0 atom stereocenters. The van der Waals surface area contributed by atoms with Gasteiger partial charge < -0.3 is 32.5 Å². The summed E-state index contributed by atoms with van der Waals surface area (Å²) in [6.45, 7) is 5.43. The van der Waals surface area contributed by atoms with Gasteiger partial charge in [-0.1, -0.05) is 13.3 Å². The van der Waals surface area contributed by atoms with Crippen molar-refractivity contribution in [1.29, 1.82) is 0 Å². The summed E-state index contributed by atoms with van der Waals surface area (Å²) in [5, 5.41) is 38.1. The Balaban J connectivity index is -0.0000000196. The first-order valence-corrected chi connectivity index (χ1v) is 4.10. The fraction of sp³-hybridized carbons (Fsp3) is 0.889. The minimum absolute atomic E-state index is 0. The summed E-state index contributed by atoms with van der Waals surface area (Å²) in [5.74, 6) is 0. The van der Waals surface area contributed by atoms with E-state index in [1.807, 2.05) is 6.92 Å². The van der Waals surface area contributed by atoms with Crippen LogP contribution in [0.5, 0.6) is 0 Å². The summed E-state index contributed by atoms with van der Waals surface area (Å²) < 4.78 is 0. The average molecular weight is 765 g/mol. The van der Waals surface area contributed by atoms with Crippen molar-refractivity contribution >= 4 is 0 Å². The molecule has 0 bridgehead atoms. The van der Waals surface area contributed by atoms with Crippen molar-refractivity contribution in [3.05, 3.63) is 6.92 Å². The van der Waals surface area contributed by atoms with Crippen LogP contribution >= 0.6 is 0 Å². The Bertz CT molecular complexity index is 67.4. The molecule has 0 aromatic rings. The number of hydrogen-bond acceptors (Lipinski definition) is 5. The summed E-state index contributed by atoms with van der Waals surface area (Å²) in [4.78, 5) is 0. The molecule has 0 aliphatic carbocycles. The van der Waals surface area contributed by atoms with Crippen molar-refractivity contribution in [2.24, 2.45) is 5.41 Å². The SMILES string of the molecule is CO.CO.CO.[CH2-]C(CC)(CO)CO.[W].[W].[W]. The molecule has 5 nitrogen and oxygen atoms in total. The minimum Gasteiger partial charge on any atom is -0.400 e. The Kier molecular flexibility index (Phi) is 108. The van der Waals surface area contributed by atoms with E-state index in [4.69, 9.17) is 25.5 Å². The van der Waals surface area contributed by atoms with Gasteiger partial charge in [0.2, 0.25) is 0 Å². The molecule has 8 heteroatoms. The van der Waals surface area contributed by atoms with E-state index in [2.05, 4.69) is 6.92 Å². The standard InChI is InChI=1S/C6H13O2.3CH4O.3W/c1-3-6(2,4-7)5-8;3*1-2;;;/h7-8H,2-5H2,1H3;3*2H,1H3;;;/q-1;;;;;;. The van der Waals surface area contributed by atoms with Crippen LogP contribution in [0.25, 0.3) is 0 Å².